The van der Waals surface area contributed by atoms with E-state index in [4.69, 9.17) is 14.6 Å². The summed E-state index contributed by atoms with van der Waals surface area (Å²) in [6.45, 7) is 5.52. The Hall–Kier alpha value is -1.10. The van der Waals surface area contributed by atoms with Gasteiger partial charge >= 0.3 is 11.9 Å². The van der Waals surface area contributed by atoms with Gasteiger partial charge in [0.15, 0.2) is 6.10 Å². The van der Waals surface area contributed by atoms with Crippen LogP contribution in [0.4, 0.5) is 0 Å². The SMILES string of the molecule is CCOC(CCC(=O)OC(C)C)C(=O)O. The Morgan fingerprint density at radius 2 is 1.93 bits per heavy atom. The van der Waals surface area contributed by atoms with E-state index in [0.29, 0.717) is 6.61 Å². The predicted octanol–water partition coefficient (Wildman–Crippen LogP) is 1.21. The van der Waals surface area contributed by atoms with Crippen LogP contribution in [0.5, 0.6) is 0 Å². The molecule has 0 rings (SSSR count). The first kappa shape index (κ1) is 13.9. The van der Waals surface area contributed by atoms with E-state index < -0.39 is 18.0 Å². The van der Waals surface area contributed by atoms with Crippen LogP contribution in [-0.2, 0) is 19.1 Å². The van der Waals surface area contributed by atoms with Gasteiger partial charge in [0.1, 0.15) is 0 Å². The number of carboxylic acids is 1. The molecule has 0 aromatic heterocycles. The van der Waals surface area contributed by atoms with Crippen LogP contribution in [0.1, 0.15) is 33.6 Å². The number of hydrogen-bond donors (Lipinski definition) is 1. The van der Waals surface area contributed by atoms with Crippen molar-refractivity contribution >= 4 is 11.9 Å². The van der Waals surface area contributed by atoms with Crippen molar-refractivity contribution in [1.29, 1.82) is 0 Å². The zero-order chi connectivity index (χ0) is 11.8. The second-order valence-corrected chi connectivity index (χ2v) is 3.36. The molecule has 0 aliphatic rings. The summed E-state index contributed by atoms with van der Waals surface area (Å²) in [5, 5.41) is 8.72. The number of aliphatic carboxylic acids is 1. The standard InChI is InChI=1S/C10H18O5/c1-4-14-8(10(12)13)5-6-9(11)15-7(2)3/h7-8H,4-6H2,1-3H3,(H,12,13). The van der Waals surface area contributed by atoms with Crippen molar-refractivity contribution in [3.63, 3.8) is 0 Å². The fourth-order valence-electron chi connectivity index (χ4n) is 1.05. The molecule has 0 bridgehead atoms. The topological polar surface area (TPSA) is 72.8 Å². The third kappa shape index (κ3) is 6.90. The Balaban J connectivity index is 3.88. The van der Waals surface area contributed by atoms with E-state index in [1.807, 2.05) is 0 Å². The zero-order valence-electron chi connectivity index (χ0n) is 9.36. The van der Waals surface area contributed by atoms with Gasteiger partial charge in [0, 0.05) is 13.0 Å². The second-order valence-electron chi connectivity index (χ2n) is 3.36. The van der Waals surface area contributed by atoms with Crippen LogP contribution in [-0.4, -0.2) is 35.9 Å². The van der Waals surface area contributed by atoms with Crippen LogP contribution in [0.3, 0.4) is 0 Å². The maximum Gasteiger partial charge on any atom is 0.332 e. The molecular formula is C10H18O5. The first-order valence-electron chi connectivity index (χ1n) is 5.01. The van der Waals surface area contributed by atoms with Gasteiger partial charge in [-0.2, -0.15) is 0 Å². The van der Waals surface area contributed by atoms with Crippen molar-refractivity contribution in [2.75, 3.05) is 6.61 Å². The maximum absolute atomic E-state index is 11.1. The summed E-state index contributed by atoms with van der Waals surface area (Å²) in [6.07, 6.45) is -0.883. The predicted molar refractivity (Wildman–Crippen MR) is 53.5 cm³/mol. The summed E-state index contributed by atoms with van der Waals surface area (Å²) in [6, 6.07) is 0. The highest BCUT2D eigenvalue weighted by molar-refractivity contribution is 5.74. The van der Waals surface area contributed by atoms with Gasteiger partial charge in [0.05, 0.1) is 6.10 Å². The lowest BCUT2D eigenvalue weighted by Crippen LogP contribution is -2.25. The third-order valence-electron chi connectivity index (χ3n) is 1.62. The van der Waals surface area contributed by atoms with Crippen LogP contribution < -0.4 is 0 Å². The Morgan fingerprint density at radius 1 is 1.33 bits per heavy atom. The van der Waals surface area contributed by atoms with Crippen molar-refractivity contribution in [2.45, 2.75) is 45.8 Å². The van der Waals surface area contributed by atoms with Gasteiger partial charge in [-0.15, -0.1) is 0 Å². The Kier molecular flexibility index (Phi) is 6.70. The molecule has 0 fully saturated rings. The minimum atomic E-state index is -1.05. The molecule has 1 N–H and O–H groups in total. The first-order chi connectivity index (χ1) is 6.97. The molecule has 0 radical (unpaired) electrons. The van der Waals surface area contributed by atoms with Crippen LogP contribution in [0.2, 0.25) is 0 Å². The lowest BCUT2D eigenvalue weighted by Gasteiger charge is -2.12. The first-order valence-corrected chi connectivity index (χ1v) is 5.01. The molecule has 0 aliphatic heterocycles. The van der Waals surface area contributed by atoms with E-state index in [1.165, 1.54) is 0 Å². The highest BCUT2D eigenvalue weighted by Gasteiger charge is 2.19. The number of carbonyl (C=O) groups excluding carboxylic acids is 1. The van der Waals surface area contributed by atoms with Crippen molar-refractivity contribution < 1.29 is 24.2 Å². The maximum atomic E-state index is 11.1. The molecule has 88 valence electrons. The van der Waals surface area contributed by atoms with Gasteiger partial charge in [-0.05, 0) is 27.2 Å². The monoisotopic (exact) mass is 218 g/mol. The largest absolute Gasteiger partial charge is 0.479 e. The number of ether oxygens (including phenoxy) is 2. The van der Waals surface area contributed by atoms with Crippen LogP contribution >= 0.6 is 0 Å². The number of rotatable bonds is 7. The van der Waals surface area contributed by atoms with E-state index in [-0.39, 0.29) is 18.9 Å². The summed E-state index contributed by atoms with van der Waals surface area (Å²) in [5.74, 6) is -1.44. The van der Waals surface area contributed by atoms with Crippen LogP contribution in [0, 0.1) is 0 Å². The summed E-state index contributed by atoms with van der Waals surface area (Å²) >= 11 is 0. The molecule has 0 aliphatic carbocycles. The second kappa shape index (κ2) is 7.23. The Morgan fingerprint density at radius 3 is 2.33 bits per heavy atom. The molecule has 15 heavy (non-hydrogen) atoms. The van der Waals surface area contributed by atoms with Gasteiger partial charge in [0.25, 0.3) is 0 Å². The molecule has 1 unspecified atom stereocenters. The van der Waals surface area contributed by atoms with Gasteiger partial charge < -0.3 is 14.6 Å². The summed E-state index contributed by atoms with van der Waals surface area (Å²) in [5.41, 5.74) is 0. The molecule has 0 spiro atoms. The molecule has 0 amide bonds. The van der Waals surface area contributed by atoms with Crippen LogP contribution in [0.25, 0.3) is 0 Å². The smallest absolute Gasteiger partial charge is 0.332 e. The minimum absolute atomic E-state index is 0.0646. The summed E-state index contributed by atoms with van der Waals surface area (Å²) < 4.78 is 9.82. The van der Waals surface area contributed by atoms with E-state index in [2.05, 4.69) is 0 Å². The Bertz CT molecular complexity index is 212. The van der Waals surface area contributed by atoms with Crippen molar-refractivity contribution in [3.05, 3.63) is 0 Å². The zero-order valence-corrected chi connectivity index (χ0v) is 9.36. The lowest BCUT2D eigenvalue weighted by atomic mass is 10.2. The van der Waals surface area contributed by atoms with E-state index in [1.54, 1.807) is 20.8 Å². The van der Waals surface area contributed by atoms with Gasteiger partial charge in [-0.1, -0.05) is 0 Å². The molecule has 0 saturated carbocycles. The van der Waals surface area contributed by atoms with Gasteiger partial charge in [-0.3, -0.25) is 4.79 Å². The van der Waals surface area contributed by atoms with Gasteiger partial charge in [0.2, 0.25) is 0 Å². The summed E-state index contributed by atoms with van der Waals surface area (Å²) in [4.78, 5) is 21.8. The highest BCUT2D eigenvalue weighted by atomic mass is 16.5. The molecule has 0 aromatic carbocycles. The van der Waals surface area contributed by atoms with Crippen molar-refractivity contribution in [3.8, 4) is 0 Å². The highest BCUT2D eigenvalue weighted by Crippen LogP contribution is 2.05. The molecule has 0 saturated heterocycles. The van der Waals surface area contributed by atoms with Gasteiger partial charge in [-0.25, -0.2) is 4.79 Å². The molecule has 0 heterocycles. The average Bonchev–Trinajstić information content (AvgIpc) is 2.10. The molecule has 0 aromatic rings. The van der Waals surface area contributed by atoms with E-state index in [9.17, 15) is 9.59 Å². The number of carbonyl (C=O) groups is 2. The fraction of sp³-hybridized carbons (Fsp3) is 0.800. The quantitative estimate of drug-likeness (QED) is 0.650. The van der Waals surface area contributed by atoms with Crippen molar-refractivity contribution in [1.82, 2.24) is 0 Å². The number of carboxylic acid groups (broad SMARTS) is 1. The lowest BCUT2D eigenvalue weighted by molar-refractivity contribution is -0.153. The molecular weight excluding hydrogens is 200 g/mol. The minimum Gasteiger partial charge on any atom is -0.479 e. The van der Waals surface area contributed by atoms with Crippen LogP contribution in [0.15, 0.2) is 0 Å². The molecule has 5 heteroatoms. The summed E-state index contributed by atoms with van der Waals surface area (Å²) in [7, 11) is 0. The third-order valence-corrected chi connectivity index (χ3v) is 1.62. The number of hydrogen-bond acceptors (Lipinski definition) is 4. The normalized spacial score (nSPS) is 12.5. The molecule has 5 nitrogen and oxygen atoms in total. The van der Waals surface area contributed by atoms with Crippen molar-refractivity contribution in [2.24, 2.45) is 0 Å². The fourth-order valence-corrected chi connectivity index (χ4v) is 1.05. The molecule has 1 atom stereocenters. The Labute approximate surface area is 89.4 Å². The van der Waals surface area contributed by atoms with E-state index in [0.717, 1.165) is 0 Å². The number of esters is 1. The average molecular weight is 218 g/mol. The van der Waals surface area contributed by atoms with E-state index >= 15 is 0 Å².